The van der Waals surface area contributed by atoms with Gasteiger partial charge in [0.1, 0.15) is 13.2 Å². The molecule has 8 heteroatoms. The first-order valence-corrected chi connectivity index (χ1v) is 9.20. The number of nitrogens with one attached hydrogen (secondary N) is 1. The lowest BCUT2D eigenvalue weighted by Crippen LogP contribution is -2.33. The predicted octanol–water partition coefficient (Wildman–Crippen LogP) is 3.59. The average Bonchev–Trinajstić information content (AvgIpc) is 3.03. The zero-order chi connectivity index (χ0) is 20.1. The van der Waals surface area contributed by atoms with Gasteiger partial charge < -0.3 is 9.64 Å². The molecule has 0 saturated heterocycles. The quantitative estimate of drug-likeness (QED) is 0.616. The van der Waals surface area contributed by atoms with Crippen molar-refractivity contribution < 1.29 is 13.9 Å². The van der Waals surface area contributed by atoms with Crippen molar-refractivity contribution in [2.45, 2.75) is 13.5 Å². The van der Waals surface area contributed by atoms with Crippen molar-refractivity contribution in [3.05, 3.63) is 64.7 Å². The molecule has 0 radical (unpaired) electrons. The number of H-pyrrole nitrogens is 1. The molecule has 28 heavy (non-hydrogen) atoms. The van der Waals surface area contributed by atoms with Gasteiger partial charge in [-0.3, -0.25) is 14.5 Å². The lowest BCUT2D eigenvalue weighted by molar-refractivity contribution is -0.130. The van der Waals surface area contributed by atoms with Crippen molar-refractivity contribution in [1.29, 1.82) is 0 Å². The summed E-state index contributed by atoms with van der Waals surface area (Å²) in [5, 5.41) is 7.01. The number of halogens is 1. The van der Waals surface area contributed by atoms with E-state index in [-0.39, 0.29) is 24.8 Å². The van der Waals surface area contributed by atoms with Crippen molar-refractivity contribution in [3.63, 3.8) is 0 Å². The van der Waals surface area contributed by atoms with E-state index in [1.165, 1.54) is 11.0 Å². The summed E-state index contributed by atoms with van der Waals surface area (Å²) in [6.07, 6.45) is 0. The van der Waals surface area contributed by atoms with E-state index in [0.29, 0.717) is 17.1 Å². The number of aryl methyl sites for hydroxylation is 1. The fraction of sp³-hybridized carbons (Fsp3) is 0.250. The third-order valence-electron chi connectivity index (χ3n) is 4.27. The summed E-state index contributed by atoms with van der Waals surface area (Å²) < 4.78 is 21.0. The number of likely N-dealkylation sites (N-methyl/N-ethyl adjacent to an activating group) is 1. The molecule has 0 aliphatic heterocycles. The molecule has 146 valence electrons. The number of amides is 1. The Hall–Kier alpha value is -3.00. The molecule has 0 atom stereocenters. The van der Waals surface area contributed by atoms with Gasteiger partial charge in [-0.25, -0.2) is 4.39 Å². The number of nitrogens with zero attached hydrogens (tertiary/aromatic N) is 3. The normalized spacial score (nSPS) is 10.7. The van der Waals surface area contributed by atoms with Crippen LogP contribution in [0.25, 0.3) is 11.4 Å². The van der Waals surface area contributed by atoms with Gasteiger partial charge in [0.2, 0.25) is 5.91 Å². The zero-order valence-electron chi connectivity index (χ0n) is 15.7. The Kier molecular flexibility index (Phi) is 6.20. The lowest BCUT2D eigenvalue weighted by Gasteiger charge is -2.18. The van der Waals surface area contributed by atoms with Gasteiger partial charge in [-0.1, -0.05) is 35.9 Å². The standard InChI is InChI=1S/C20H21FN4O2S/c1-14-6-5-7-15(12-14)19-22-23-20(28)25(19)13-18(26)24(2)10-11-27-17-9-4-3-8-16(17)21/h3-9,12H,10-11,13H2,1-2H3,(H,23,28). The van der Waals surface area contributed by atoms with Crippen LogP contribution >= 0.6 is 12.2 Å². The van der Waals surface area contributed by atoms with Gasteiger partial charge in [-0.15, -0.1) is 0 Å². The Labute approximate surface area is 167 Å². The molecule has 1 aromatic heterocycles. The summed E-state index contributed by atoms with van der Waals surface area (Å²) in [5.74, 6) is 0.202. The fourth-order valence-electron chi connectivity index (χ4n) is 2.70. The molecular formula is C20H21FN4O2S. The Bertz CT molecular complexity index is 1030. The minimum atomic E-state index is -0.427. The average molecular weight is 400 g/mol. The maximum Gasteiger partial charge on any atom is 0.242 e. The van der Waals surface area contributed by atoms with Gasteiger partial charge >= 0.3 is 0 Å². The minimum Gasteiger partial charge on any atom is -0.489 e. The topological polar surface area (TPSA) is 63.2 Å². The Morgan fingerprint density at radius 1 is 1.29 bits per heavy atom. The maximum absolute atomic E-state index is 13.6. The highest BCUT2D eigenvalue weighted by Gasteiger charge is 2.15. The number of hydrogen-bond acceptors (Lipinski definition) is 4. The molecule has 1 amide bonds. The Morgan fingerprint density at radius 3 is 2.82 bits per heavy atom. The summed E-state index contributed by atoms with van der Waals surface area (Å²) in [7, 11) is 1.67. The highest BCUT2D eigenvalue weighted by molar-refractivity contribution is 7.71. The monoisotopic (exact) mass is 400 g/mol. The molecule has 0 spiro atoms. The maximum atomic E-state index is 13.6. The van der Waals surface area contributed by atoms with Crippen LogP contribution < -0.4 is 4.74 Å². The van der Waals surface area contributed by atoms with E-state index < -0.39 is 5.82 Å². The van der Waals surface area contributed by atoms with Crippen molar-refractivity contribution in [2.24, 2.45) is 0 Å². The fourth-order valence-corrected chi connectivity index (χ4v) is 2.90. The lowest BCUT2D eigenvalue weighted by atomic mass is 10.1. The van der Waals surface area contributed by atoms with E-state index in [4.69, 9.17) is 17.0 Å². The summed E-state index contributed by atoms with van der Waals surface area (Å²) in [4.78, 5) is 14.1. The Balaban J connectivity index is 1.64. The van der Waals surface area contributed by atoms with Crippen LogP contribution in [0.3, 0.4) is 0 Å². The number of hydrogen-bond donors (Lipinski definition) is 1. The summed E-state index contributed by atoms with van der Waals surface area (Å²) in [6.45, 7) is 2.54. The zero-order valence-corrected chi connectivity index (χ0v) is 16.5. The summed E-state index contributed by atoms with van der Waals surface area (Å²) >= 11 is 5.28. The van der Waals surface area contributed by atoms with E-state index in [0.717, 1.165) is 11.1 Å². The van der Waals surface area contributed by atoms with E-state index >= 15 is 0 Å². The molecule has 0 saturated carbocycles. The molecule has 1 heterocycles. The molecular weight excluding hydrogens is 379 g/mol. The first-order valence-electron chi connectivity index (χ1n) is 8.79. The number of benzene rings is 2. The van der Waals surface area contributed by atoms with Gasteiger partial charge in [-0.05, 0) is 37.3 Å². The first-order chi connectivity index (χ1) is 13.5. The van der Waals surface area contributed by atoms with Crippen molar-refractivity contribution in [1.82, 2.24) is 19.7 Å². The molecule has 0 unspecified atom stereocenters. The first kappa shape index (κ1) is 19.8. The second-order valence-electron chi connectivity index (χ2n) is 6.40. The predicted molar refractivity (Wildman–Crippen MR) is 107 cm³/mol. The SMILES string of the molecule is Cc1cccc(-c2n[nH]c(=S)n2CC(=O)N(C)CCOc2ccccc2F)c1. The van der Waals surface area contributed by atoms with E-state index in [2.05, 4.69) is 10.2 Å². The molecule has 0 bridgehead atoms. The van der Waals surface area contributed by atoms with E-state index in [1.54, 1.807) is 29.8 Å². The molecule has 0 aliphatic carbocycles. The number of aromatic amines is 1. The molecule has 2 aromatic carbocycles. The number of aromatic nitrogens is 3. The second kappa shape index (κ2) is 8.79. The third-order valence-corrected chi connectivity index (χ3v) is 4.59. The number of rotatable bonds is 7. The number of para-hydroxylation sites is 1. The van der Waals surface area contributed by atoms with Crippen LogP contribution in [0.4, 0.5) is 4.39 Å². The van der Waals surface area contributed by atoms with Crippen LogP contribution in [-0.2, 0) is 11.3 Å². The summed E-state index contributed by atoms with van der Waals surface area (Å²) in [5.41, 5.74) is 1.97. The molecule has 3 aromatic rings. The van der Waals surface area contributed by atoms with Crippen molar-refractivity contribution in [3.8, 4) is 17.1 Å². The smallest absolute Gasteiger partial charge is 0.242 e. The number of carbonyl (C=O) groups is 1. The van der Waals surface area contributed by atoms with Crippen LogP contribution in [-0.4, -0.2) is 45.8 Å². The third kappa shape index (κ3) is 4.64. The minimum absolute atomic E-state index is 0.0504. The second-order valence-corrected chi connectivity index (χ2v) is 6.79. The molecule has 0 aliphatic rings. The molecule has 1 N–H and O–H groups in total. The van der Waals surface area contributed by atoms with E-state index in [1.807, 2.05) is 31.2 Å². The number of carbonyl (C=O) groups excluding carboxylic acids is 1. The number of ether oxygens (including phenoxy) is 1. The molecule has 6 nitrogen and oxygen atoms in total. The summed E-state index contributed by atoms with van der Waals surface area (Å²) in [6, 6.07) is 14.0. The van der Waals surface area contributed by atoms with E-state index in [9.17, 15) is 9.18 Å². The van der Waals surface area contributed by atoms with Crippen LogP contribution in [0.2, 0.25) is 0 Å². The van der Waals surface area contributed by atoms with Crippen LogP contribution in [0.15, 0.2) is 48.5 Å². The van der Waals surface area contributed by atoms with Crippen LogP contribution in [0, 0.1) is 17.5 Å². The van der Waals surface area contributed by atoms with Crippen LogP contribution in [0.1, 0.15) is 5.56 Å². The highest BCUT2D eigenvalue weighted by Crippen LogP contribution is 2.19. The largest absolute Gasteiger partial charge is 0.489 e. The van der Waals surface area contributed by atoms with Gasteiger partial charge in [0.15, 0.2) is 22.2 Å². The molecule has 0 fully saturated rings. The Morgan fingerprint density at radius 2 is 2.07 bits per heavy atom. The van der Waals surface area contributed by atoms with Gasteiger partial charge in [0.05, 0.1) is 6.54 Å². The van der Waals surface area contributed by atoms with Gasteiger partial charge in [0.25, 0.3) is 0 Å². The molecule has 3 rings (SSSR count). The van der Waals surface area contributed by atoms with Gasteiger partial charge in [0, 0.05) is 12.6 Å². The van der Waals surface area contributed by atoms with Crippen molar-refractivity contribution >= 4 is 18.1 Å². The van der Waals surface area contributed by atoms with Crippen molar-refractivity contribution in [2.75, 3.05) is 20.2 Å². The highest BCUT2D eigenvalue weighted by atomic mass is 32.1. The van der Waals surface area contributed by atoms with Gasteiger partial charge in [-0.2, -0.15) is 5.10 Å². The van der Waals surface area contributed by atoms with Crippen LogP contribution in [0.5, 0.6) is 5.75 Å².